The minimum absolute atomic E-state index is 0.780. The van der Waals surface area contributed by atoms with Crippen molar-refractivity contribution in [1.82, 2.24) is 0 Å². The molecule has 0 unspecified atom stereocenters. The lowest BCUT2D eigenvalue weighted by atomic mass is 10.1. The van der Waals surface area contributed by atoms with Crippen LogP contribution in [0.5, 0.6) is 0 Å². The number of hydrogen-bond donors (Lipinski definition) is 0. The van der Waals surface area contributed by atoms with Crippen LogP contribution in [0.4, 0.5) is 0 Å². The minimum atomic E-state index is 0.780. The largest absolute Gasteiger partial charge is 0.103 e. The quantitative estimate of drug-likeness (QED) is 0.539. The molecule has 0 aromatic rings. The molecule has 0 heterocycles. The summed E-state index contributed by atoms with van der Waals surface area (Å²) in [5, 5.41) is 0. The fourth-order valence-electron chi connectivity index (χ4n) is 0.667. The molecule has 0 amide bonds. The number of hydrogen-bond acceptors (Lipinski definition) is 0. The Morgan fingerprint density at radius 1 is 1.33 bits per heavy atom. The Balaban J connectivity index is 0. The lowest BCUT2D eigenvalue weighted by Crippen LogP contribution is -1.78. The highest BCUT2D eigenvalue weighted by atomic mass is 13.9. The van der Waals surface area contributed by atoms with Gasteiger partial charge < -0.3 is 0 Å². The Morgan fingerprint density at radius 3 is 2.00 bits per heavy atom. The molecule has 0 atom stereocenters. The highest BCUT2D eigenvalue weighted by Crippen LogP contribution is 1.96. The molecule has 0 heteroatoms. The molecule has 0 saturated carbocycles. The van der Waals surface area contributed by atoms with Gasteiger partial charge in [-0.05, 0) is 25.7 Å². The van der Waals surface area contributed by atoms with Gasteiger partial charge in [0.05, 0.1) is 0 Å². The van der Waals surface area contributed by atoms with Crippen LogP contribution in [0.15, 0.2) is 24.8 Å². The predicted molar refractivity (Wildman–Crippen MR) is 59.4 cm³/mol. The van der Waals surface area contributed by atoms with E-state index in [0.29, 0.717) is 0 Å². The Morgan fingerprint density at radius 2 is 1.92 bits per heavy atom. The van der Waals surface area contributed by atoms with Gasteiger partial charge in [-0.3, -0.25) is 0 Å². The molecule has 0 aliphatic heterocycles. The van der Waals surface area contributed by atoms with E-state index in [-0.39, 0.29) is 0 Å². The molecule has 0 aliphatic rings. The molecule has 0 aromatic carbocycles. The van der Waals surface area contributed by atoms with Gasteiger partial charge in [0.15, 0.2) is 0 Å². The summed E-state index contributed by atoms with van der Waals surface area (Å²) in [5.74, 6) is 0.780. The van der Waals surface area contributed by atoms with E-state index >= 15 is 0 Å². The van der Waals surface area contributed by atoms with Crippen molar-refractivity contribution in [1.29, 1.82) is 0 Å². The number of unbranched alkanes of at least 4 members (excludes halogenated alkanes) is 1. The van der Waals surface area contributed by atoms with Gasteiger partial charge in [-0.1, -0.05) is 45.4 Å². The second kappa shape index (κ2) is 13.1. The van der Waals surface area contributed by atoms with Gasteiger partial charge in [0.2, 0.25) is 0 Å². The predicted octanol–water partition coefficient (Wildman–Crippen LogP) is 4.58. The van der Waals surface area contributed by atoms with Crippen LogP contribution < -0.4 is 0 Å². The van der Waals surface area contributed by atoms with E-state index < -0.39 is 0 Å². The molecule has 0 saturated heterocycles. The van der Waals surface area contributed by atoms with Crippen molar-refractivity contribution in [3.05, 3.63) is 24.8 Å². The van der Waals surface area contributed by atoms with Crippen LogP contribution in [0, 0.1) is 5.92 Å². The minimum Gasteiger partial charge on any atom is -0.103 e. The van der Waals surface area contributed by atoms with E-state index in [1.54, 1.807) is 0 Å². The van der Waals surface area contributed by atoms with Gasteiger partial charge in [0.1, 0.15) is 0 Å². The fourth-order valence-corrected chi connectivity index (χ4v) is 0.667. The molecule has 0 N–H and O–H groups in total. The average molecular weight is 168 g/mol. The zero-order chi connectivity index (χ0) is 9.82. The lowest BCUT2D eigenvalue weighted by Gasteiger charge is -1.92. The summed E-state index contributed by atoms with van der Waals surface area (Å²) in [6, 6.07) is 0. The molecular weight excluding hydrogens is 144 g/mol. The second-order valence-corrected chi connectivity index (χ2v) is 3.28. The lowest BCUT2D eigenvalue weighted by molar-refractivity contribution is 0.664. The zero-order valence-electron chi connectivity index (χ0n) is 9.14. The van der Waals surface area contributed by atoms with E-state index in [1.165, 1.54) is 12.8 Å². The first-order chi connectivity index (χ1) is 5.68. The van der Waals surface area contributed by atoms with Crippen LogP contribution in [0.3, 0.4) is 0 Å². The highest BCUT2D eigenvalue weighted by molar-refractivity contribution is 4.75. The third-order valence-corrected chi connectivity index (χ3v) is 1.33. The summed E-state index contributed by atoms with van der Waals surface area (Å²) in [5.41, 5.74) is 0. The monoisotopic (exact) mass is 168 g/mol. The molecule has 0 spiro atoms. The summed E-state index contributed by atoms with van der Waals surface area (Å²) in [4.78, 5) is 0. The highest BCUT2D eigenvalue weighted by Gasteiger charge is 1.82. The Labute approximate surface area is 78.4 Å². The van der Waals surface area contributed by atoms with Crippen LogP contribution >= 0.6 is 0 Å². The van der Waals surface area contributed by atoms with E-state index in [9.17, 15) is 0 Å². The third kappa shape index (κ3) is 22.7. The number of rotatable bonds is 4. The van der Waals surface area contributed by atoms with Crippen molar-refractivity contribution >= 4 is 0 Å². The van der Waals surface area contributed by atoms with Gasteiger partial charge >= 0.3 is 0 Å². The first-order valence-electron chi connectivity index (χ1n) is 4.91. The van der Waals surface area contributed by atoms with Crippen molar-refractivity contribution in [2.24, 2.45) is 5.92 Å². The van der Waals surface area contributed by atoms with Gasteiger partial charge in [0, 0.05) is 0 Å². The van der Waals surface area contributed by atoms with E-state index in [4.69, 9.17) is 0 Å². The maximum atomic E-state index is 3.60. The SMILES string of the molecule is C=CCC(C)C.CC=CCCC. The molecule has 0 bridgehead atoms. The van der Waals surface area contributed by atoms with Gasteiger partial charge in [-0.25, -0.2) is 0 Å². The normalized spacial score (nSPS) is 9.75. The number of allylic oxidation sites excluding steroid dienone is 3. The molecule has 12 heavy (non-hydrogen) atoms. The maximum Gasteiger partial charge on any atom is -0.0330 e. The average Bonchev–Trinajstić information content (AvgIpc) is 2.02. The summed E-state index contributed by atoms with van der Waals surface area (Å²) in [7, 11) is 0. The molecule has 0 rings (SSSR count). The smallest absolute Gasteiger partial charge is 0.0330 e. The van der Waals surface area contributed by atoms with Crippen LogP contribution in [0.1, 0.15) is 47.0 Å². The molecular formula is C12H24. The van der Waals surface area contributed by atoms with Gasteiger partial charge in [0.25, 0.3) is 0 Å². The summed E-state index contributed by atoms with van der Waals surface area (Å²) < 4.78 is 0. The first-order valence-corrected chi connectivity index (χ1v) is 4.91. The van der Waals surface area contributed by atoms with Crippen molar-refractivity contribution in [3.8, 4) is 0 Å². The Bertz CT molecular complexity index is 98.6. The van der Waals surface area contributed by atoms with Crippen molar-refractivity contribution in [2.75, 3.05) is 0 Å². The van der Waals surface area contributed by atoms with E-state index in [0.717, 1.165) is 12.3 Å². The second-order valence-electron chi connectivity index (χ2n) is 3.28. The van der Waals surface area contributed by atoms with Crippen molar-refractivity contribution in [3.63, 3.8) is 0 Å². The van der Waals surface area contributed by atoms with Gasteiger partial charge in [-0.15, -0.1) is 6.58 Å². The molecule has 0 nitrogen and oxygen atoms in total. The Kier molecular flexibility index (Phi) is 15.3. The van der Waals surface area contributed by atoms with Crippen LogP contribution in [0.25, 0.3) is 0 Å². The van der Waals surface area contributed by atoms with Gasteiger partial charge in [-0.2, -0.15) is 0 Å². The molecule has 0 aromatic heterocycles. The first kappa shape index (κ1) is 14.0. The topological polar surface area (TPSA) is 0 Å². The maximum absolute atomic E-state index is 3.60. The molecule has 0 aliphatic carbocycles. The van der Waals surface area contributed by atoms with Crippen LogP contribution in [0.2, 0.25) is 0 Å². The molecule has 72 valence electrons. The standard InChI is InChI=1S/2C6H12/c1-4-5-6(2)3;1-3-5-6-4-2/h4,6H,1,5H2,2-3H3;3,5H,4,6H2,1-2H3. The summed E-state index contributed by atoms with van der Waals surface area (Å²) in [6.07, 6.45) is 9.86. The fraction of sp³-hybridized carbons (Fsp3) is 0.667. The van der Waals surface area contributed by atoms with E-state index in [1.807, 2.05) is 6.08 Å². The van der Waals surface area contributed by atoms with Crippen LogP contribution in [-0.2, 0) is 0 Å². The zero-order valence-corrected chi connectivity index (χ0v) is 9.14. The summed E-state index contributed by atoms with van der Waals surface area (Å²) in [6.45, 7) is 12.2. The van der Waals surface area contributed by atoms with Crippen molar-refractivity contribution in [2.45, 2.75) is 47.0 Å². The van der Waals surface area contributed by atoms with E-state index in [2.05, 4.69) is 46.4 Å². The third-order valence-electron chi connectivity index (χ3n) is 1.33. The van der Waals surface area contributed by atoms with Crippen LogP contribution in [-0.4, -0.2) is 0 Å². The molecule has 0 fully saturated rings. The van der Waals surface area contributed by atoms with Crippen molar-refractivity contribution < 1.29 is 0 Å². The molecule has 0 radical (unpaired) electrons. The Hall–Kier alpha value is -0.520. The summed E-state index contributed by atoms with van der Waals surface area (Å²) >= 11 is 0.